The van der Waals surface area contributed by atoms with E-state index >= 15 is 0 Å². The van der Waals surface area contributed by atoms with E-state index in [2.05, 4.69) is 0 Å². The SMILES string of the molecule is CC(C)OCCN(C)C(=O)c1ccc(O)c(O)c1. The second kappa shape index (κ2) is 6.26. The molecule has 0 unspecified atom stereocenters. The number of amides is 1. The monoisotopic (exact) mass is 253 g/mol. The lowest BCUT2D eigenvalue weighted by atomic mass is 10.2. The minimum absolute atomic E-state index is 0.131. The molecule has 100 valence electrons. The fraction of sp³-hybridized carbons (Fsp3) is 0.462. The molecule has 1 rings (SSSR count). The van der Waals surface area contributed by atoms with Crippen LogP contribution in [0.1, 0.15) is 24.2 Å². The van der Waals surface area contributed by atoms with Crippen LogP contribution in [-0.4, -0.2) is 47.3 Å². The molecular formula is C13H19NO4. The summed E-state index contributed by atoms with van der Waals surface area (Å²) >= 11 is 0. The van der Waals surface area contributed by atoms with Gasteiger partial charge in [0.25, 0.3) is 5.91 Å². The normalized spacial score (nSPS) is 10.7. The number of likely N-dealkylation sites (N-methyl/N-ethyl adjacent to an activating group) is 1. The molecule has 0 radical (unpaired) electrons. The molecule has 2 N–H and O–H groups in total. The Morgan fingerprint density at radius 3 is 2.56 bits per heavy atom. The zero-order valence-corrected chi connectivity index (χ0v) is 10.9. The van der Waals surface area contributed by atoms with Crippen LogP contribution in [0.5, 0.6) is 11.5 Å². The van der Waals surface area contributed by atoms with Crippen LogP contribution in [0.2, 0.25) is 0 Å². The minimum atomic E-state index is -0.298. The maximum atomic E-state index is 12.0. The molecule has 0 saturated carbocycles. The summed E-state index contributed by atoms with van der Waals surface area (Å²) in [5.41, 5.74) is 0.331. The van der Waals surface area contributed by atoms with Crippen molar-refractivity contribution in [3.63, 3.8) is 0 Å². The van der Waals surface area contributed by atoms with E-state index in [1.807, 2.05) is 13.8 Å². The van der Waals surface area contributed by atoms with Gasteiger partial charge in [-0.1, -0.05) is 0 Å². The molecule has 18 heavy (non-hydrogen) atoms. The summed E-state index contributed by atoms with van der Waals surface area (Å²) in [7, 11) is 1.66. The second-order valence-electron chi connectivity index (χ2n) is 4.35. The molecule has 1 amide bonds. The van der Waals surface area contributed by atoms with Gasteiger partial charge in [0.15, 0.2) is 11.5 Å². The van der Waals surface area contributed by atoms with Crippen molar-refractivity contribution in [3.05, 3.63) is 23.8 Å². The molecule has 5 nitrogen and oxygen atoms in total. The van der Waals surface area contributed by atoms with Gasteiger partial charge in [-0.05, 0) is 32.0 Å². The van der Waals surface area contributed by atoms with Crippen LogP contribution >= 0.6 is 0 Å². The van der Waals surface area contributed by atoms with E-state index in [-0.39, 0.29) is 23.5 Å². The van der Waals surface area contributed by atoms with Gasteiger partial charge >= 0.3 is 0 Å². The Kier molecular flexibility index (Phi) is 4.97. The van der Waals surface area contributed by atoms with E-state index in [0.717, 1.165) is 0 Å². The zero-order valence-electron chi connectivity index (χ0n) is 10.9. The Morgan fingerprint density at radius 1 is 1.33 bits per heavy atom. The van der Waals surface area contributed by atoms with E-state index in [1.165, 1.54) is 23.1 Å². The Labute approximate surface area is 107 Å². The third-order valence-corrected chi connectivity index (χ3v) is 2.45. The quantitative estimate of drug-likeness (QED) is 0.782. The third-order valence-electron chi connectivity index (χ3n) is 2.45. The van der Waals surface area contributed by atoms with Crippen LogP contribution in [0.15, 0.2) is 18.2 Å². The molecule has 5 heteroatoms. The van der Waals surface area contributed by atoms with Gasteiger partial charge in [-0.25, -0.2) is 0 Å². The largest absolute Gasteiger partial charge is 0.504 e. The highest BCUT2D eigenvalue weighted by atomic mass is 16.5. The fourth-order valence-electron chi connectivity index (χ4n) is 1.40. The number of carbonyl (C=O) groups is 1. The van der Waals surface area contributed by atoms with Gasteiger partial charge in [0, 0.05) is 19.2 Å². The summed E-state index contributed by atoms with van der Waals surface area (Å²) in [5, 5.41) is 18.5. The average Bonchev–Trinajstić information content (AvgIpc) is 2.31. The first-order valence-corrected chi connectivity index (χ1v) is 5.81. The average molecular weight is 253 g/mol. The number of carbonyl (C=O) groups excluding carboxylic acids is 1. The number of phenols is 2. The third kappa shape index (κ3) is 3.92. The standard InChI is InChI=1S/C13H19NO4/c1-9(2)18-7-6-14(3)13(17)10-4-5-11(15)12(16)8-10/h4-5,8-9,15-16H,6-7H2,1-3H3. The van der Waals surface area contributed by atoms with Gasteiger partial charge in [-0.2, -0.15) is 0 Å². The summed E-state index contributed by atoms with van der Waals surface area (Å²) in [4.78, 5) is 13.5. The summed E-state index contributed by atoms with van der Waals surface area (Å²) in [5.74, 6) is -0.761. The molecule has 0 aliphatic carbocycles. The summed E-state index contributed by atoms with van der Waals surface area (Å²) in [6, 6.07) is 4.01. The lowest BCUT2D eigenvalue weighted by molar-refractivity contribution is 0.0532. The molecular weight excluding hydrogens is 234 g/mol. The number of nitrogens with zero attached hydrogens (tertiary/aromatic N) is 1. The number of hydrogen-bond donors (Lipinski definition) is 2. The highest BCUT2D eigenvalue weighted by Gasteiger charge is 2.13. The minimum Gasteiger partial charge on any atom is -0.504 e. The summed E-state index contributed by atoms with van der Waals surface area (Å²) in [6.45, 7) is 4.79. The highest BCUT2D eigenvalue weighted by Crippen LogP contribution is 2.25. The smallest absolute Gasteiger partial charge is 0.253 e. The van der Waals surface area contributed by atoms with Crippen LogP contribution in [0.25, 0.3) is 0 Å². The number of benzene rings is 1. The second-order valence-corrected chi connectivity index (χ2v) is 4.35. The predicted molar refractivity (Wildman–Crippen MR) is 67.8 cm³/mol. The van der Waals surface area contributed by atoms with Gasteiger partial charge in [0.2, 0.25) is 0 Å². The van der Waals surface area contributed by atoms with E-state index in [1.54, 1.807) is 7.05 Å². The van der Waals surface area contributed by atoms with E-state index in [0.29, 0.717) is 18.7 Å². The first-order valence-electron chi connectivity index (χ1n) is 5.81. The van der Waals surface area contributed by atoms with Crippen molar-refractivity contribution in [2.75, 3.05) is 20.2 Å². The molecule has 0 aromatic heterocycles. The van der Waals surface area contributed by atoms with Gasteiger partial charge in [0.1, 0.15) is 0 Å². The van der Waals surface area contributed by atoms with Crippen LogP contribution < -0.4 is 0 Å². The van der Waals surface area contributed by atoms with Crippen molar-refractivity contribution in [1.29, 1.82) is 0 Å². The lowest BCUT2D eigenvalue weighted by Gasteiger charge is -2.18. The zero-order chi connectivity index (χ0) is 13.7. The topological polar surface area (TPSA) is 70.0 Å². The Morgan fingerprint density at radius 2 is 2.00 bits per heavy atom. The van der Waals surface area contributed by atoms with Gasteiger partial charge in [-0.15, -0.1) is 0 Å². The van der Waals surface area contributed by atoms with Crippen molar-refractivity contribution in [3.8, 4) is 11.5 Å². The van der Waals surface area contributed by atoms with Crippen molar-refractivity contribution < 1.29 is 19.7 Å². The Hall–Kier alpha value is -1.75. The van der Waals surface area contributed by atoms with Crippen molar-refractivity contribution >= 4 is 5.91 Å². The molecule has 1 aromatic carbocycles. The Balaban J connectivity index is 2.60. The van der Waals surface area contributed by atoms with Crippen molar-refractivity contribution in [2.24, 2.45) is 0 Å². The highest BCUT2D eigenvalue weighted by molar-refractivity contribution is 5.94. The first kappa shape index (κ1) is 14.3. The van der Waals surface area contributed by atoms with E-state index in [9.17, 15) is 15.0 Å². The number of ether oxygens (including phenoxy) is 1. The van der Waals surface area contributed by atoms with E-state index in [4.69, 9.17) is 4.74 Å². The molecule has 0 aliphatic heterocycles. The Bertz CT molecular complexity index is 417. The molecule has 0 heterocycles. The maximum Gasteiger partial charge on any atom is 0.253 e. The molecule has 0 saturated heterocycles. The fourth-order valence-corrected chi connectivity index (χ4v) is 1.40. The summed E-state index contributed by atoms with van der Waals surface area (Å²) in [6.07, 6.45) is 0.131. The molecule has 0 aliphatic rings. The summed E-state index contributed by atoms with van der Waals surface area (Å²) < 4.78 is 5.36. The molecule has 1 aromatic rings. The van der Waals surface area contributed by atoms with E-state index < -0.39 is 0 Å². The molecule has 0 fully saturated rings. The lowest BCUT2D eigenvalue weighted by Crippen LogP contribution is -2.30. The van der Waals surface area contributed by atoms with Crippen LogP contribution in [-0.2, 0) is 4.74 Å². The van der Waals surface area contributed by atoms with Crippen molar-refractivity contribution in [1.82, 2.24) is 4.90 Å². The van der Waals surface area contributed by atoms with Gasteiger partial charge in [0.05, 0.1) is 12.7 Å². The predicted octanol–water partition coefficient (Wildman–Crippen LogP) is 1.59. The van der Waals surface area contributed by atoms with Crippen LogP contribution in [0.3, 0.4) is 0 Å². The first-order chi connectivity index (χ1) is 8.41. The number of hydrogen-bond acceptors (Lipinski definition) is 4. The molecule has 0 atom stereocenters. The number of aromatic hydroxyl groups is 2. The molecule has 0 bridgehead atoms. The maximum absolute atomic E-state index is 12.0. The van der Waals surface area contributed by atoms with Gasteiger partial charge in [-0.3, -0.25) is 4.79 Å². The number of rotatable bonds is 5. The van der Waals surface area contributed by atoms with Crippen LogP contribution in [0, 0.1) is 0 Å². The number of phenolic OH excluding ortho intramolecular Hbond substituents is 2. The van der Waals surface area contributed by atoms with Crippen molar-refractivity contribution in [2.45, 2.75) is 20.0 Å². The van der Waals surface area contributed by atoms with Crippen LogP contribution in [0.4, 0.5) is 0 Å². The molecule has 0 spiro atoms. The van der Waals surface area contributed by atoms with Gasteiger partial charge < -0.3 is 19.8 Å².